The van der Waals surface area contributed by atoms with Crippen molar-refractivity contribution in [2.75, 3.05) is 12.3 Å². The molecule has 0 spiro atoms. The maximum atomic E-state index is 12.8. The van der Waals surface area contributed by atoms with Crippen LogP contribution >= 0.6 is 0 Å². The topological polar surface area (TPSA) is 107 Å². The first-order chi connectivity index (χ1) is 9.75. The van der Waals surface area contributed by atoms with E-state index in [1.807, 2.05) is 13.8 Å². The number of nitrogen functional groups attached to an aromatic ring is 1. The molecule has 1 heterocycles. The van der Waals surface area contributed by atoms with E-state index in [-0.39, 0.29) is 22.5 Å². The number of nitro benzene ring substituents is 1. The smallest absolute Gasteiger partial charge is 0.291 e. The number of hydrogen-bond donors (Lipinski definition) is 1. The summed E-state index contributed by atoms with van der Waals surface area (Å²) in [7, 11) is -3.89. The second-order valence-corrected chi connectivity index (χ2v) is 7.41. The van der Waals surface area contributed by atoms with Crippen LogP contribution in [-0.2, 0) is 10.0 Å². The van der Waals surface area contributed by atoms with Gasteiger partial charge >= 0.3 is 0 Å². The third kappa shape index (κ3) is 2.86. The molecule has 1 atom stereocenters. The number of benzene rings is 1. The lowest BCUT2D eigenvalue weighted by molar-refractivity contribution is -0.387. The molecule has 1 aromatic carbocycles. The van der Waals surface area contributed by atoms with Gasteiger partial charge in [-0.25, -0.2) is 8.42 Å². The Morgan fingerprint density at radius 1 is 1.43 bits per heavy atom. The predicted octanol–water partition coefficient (Wildman–Crippen LogP) is 1.99. The number of hydrogen-bond acceptors (Lipinski definition) is 5. The molecule has 0 saturated carbocycles. The Morgan fingerprint density at radius 3 is 2.67 bits per heavy atom. The highest BCUT2D eigenvalue weighted by atomic mass is 32.2. The van der Waals surface area contributed by atoms with Crippen LogP contribution in [0.4, 0.5) is 11.4 Å². The summed E-state index contributed by atoms with van der Waals surface area (Å²) in [6.45, 7) is 4.30. The fourth-order valence-electron chi connectivity index (χ4n) is 2.75. The minimum absolute atomic E-state index is 0.118. The van der Waals surface area contributed by atoms with Gasteiger partial charge in [-0.2, -0.15) is 4.31 Å². The predicted molar refractivity (Wildman–Crippen MR) is 79.3 cm³/mol. The summed E-state index contributed by atoms with van der Waals surface area (Å²) in [5.74, 6) is 0.162. The number of nitrogens with two attached hydrogens (primary N) is 1. The Morgan fingerprint density at radius 2 is 2.10 bits per heavy atom. The molecular formula is C13H19N3O4S. The van der Waals surface area contributed by atoms with Gasteiger partial charge in [0.25, 0.3) is 5.69 Å². The van der Waals surface area contributed by atoms with Gasteiger partial charge in [0.05, 0.1) is 4.92 Å². The molecule has 2 rings (SSSR count). The molecule has 0 aliphatic carbocycles. The van der Waals surface area contributed by atoms with Gasteiger partial charge in [0, 0.05) is 24.3 Å². The molecule has 0 amide bonds. The summed E-state index contributed by atoms with van der Waals surface area (Å²) >= 11 is 0. The molecule has 21 heavy (non-hydrogen) atoms. The van der Waals surface area contributed by atoms with Crippen LogP contribution in [0.25, 0.3) is 0 Å². The molecule has 1 unspecified atom stereocenters. The molecule has 0 radical (unpaired) electrons. The summed E-state index contributed by atoms with van der Waals surface area (Å²) in [5, 5.41) is 11.1. The van der Waals surface area contributed by atoms with Crippen molar-refractivity contribution in [3.63, 3.8) is 0 Å². The van der Waals surface area contributed by atoms with Gasteiger partial charge in [0.2, 0.25) is 10.0 Å². The van der Waals surface area contributed by atoms with Crippen molar-refractivity contribution in [2.24, 2.45) is 5.92 Å². The number of nitro groups is 1. The van der Waals surface area contributed by atoms with E-state index >= 15 is 0 Å². The molecule has 116 valence electrons. The largest absolute Gasteiger partial charge is 0.399 e. The number of rotatable bonds is 4. The molecule has 0 aromatic heterocycles. The maximum absolute atomic E-state index is 12.8. The third-order valence-corrected chi connectivity index (χ3v) is 5.76. The van der Waals surface area contributed by atoms with Crippen molar-refractivity contribution >= 4 is 21.4 Å². The summed E-state index contributed by atoms with van der Waals surface area (Å²) in [5.41, 5.74) is 5.23. The first-order valence-electron chi connectivity index (χ1n) is 6.81. The number of anilines is 1. The summed E-state index contributed by atoms with van der Waals surface area (Å²) in [6.07, 6.45) is 1.55. The molecule has 1 fully saturated rings. The molecule has 2 N–H and O–H groups in total. The highest BCUT2D eigenvalue weighted by Crippen LogP contribution is 2.34. The minimum atomic E-state index is -3.89. The highest BCUT2D eigenvalue weighted by Gasteiger charge is 2.39. The second kappa shape index (κ2) is 5.61. The van der Waals surface area contributed by atoms with E-state index in [0.29, 0.717) is 6.54 Å². The van der Waals surface area contributed by atoms with Crippen molar-refractivity contribution in [1.82, 2.24) is 4.31 Å². The minimum Gasteiger partial charge on any atom is -0.399 e. The van der Waals surface area contributed by atoms with E-state index in [9.17, 15) is 18.5 Å². The Bertz CT molecular complexity index is 657. The van der Waals surface area contributed by atoms with E-state index in [0.717, 1.165) is 18.9 Å². The van der Waals surface area contributed by atoms with Crippen LogP contribution in [0, 0.1) is 16.0 Å². The van der Waals surface area contributed by atoms with Gasteiger partial charge in [0.15, 0.2) is 4.90 Å². The Hall–Kier alpha value is -1.67. The quantitative estimate of drug-likeness (QED) is 0.519. The highest BCUT2D eigenvalue weighted by molar-refractivity contribution is 7.89. The zero-order valence-corrected chi connectivity index (χ0v) is 12.8. The van der Waals surface area contributed by atoms with E-state index in [1.54, 1.807) is 0 Å². The van der Waals surface area contributed by atoms with Crippen molar-refractivity contribution in [3.05, 3.63) is 28.3 Å². The van der Waals surface area contributed by atoms with Gasteiger partial charge in [-0.05, 0) is 30.9 Å². The fourth-order valence-corrected chi connectivity index (χ4v) is 4.72. The van der Waals surface area contributed by atoms with Crippen LogP contribution in [0.5, 0.6) is 0 Å². The van der Waals surface area contributed by atoms with E-state index in [1.165, 1.54) is 16.4 Å². The maximum Gasteiger partial charge on any atom is 0.291 e. The molecule has 1 aliphatic rings. The lowest BCUT2D eigenvalue weighted by Gasteiger charge is -2.26. The lowest BCUT2D eigenvalue weighted by Crippen LogP contribution is -2.38. The monoisotopic (exact) mass is 313 g/mol. The Kier molecular flexibility index (Phi) is 4.20. The molecule has 1 aliphatic heterocycles. The van der Waals surface area contributed by atoms with Crippen molar-refractivity contribution in [1.29, 1.82) is 0 Å². The average Bonchev–Trinajstić information content (AvgIpc) is 2.88. The van der Waals surface area contributed by atoms with Crippen molar-refractivity contribution < 1.29 is 13.3 Å². The molecule has 8 heteroatoms. The van der Waals surface area contributed by atoms with Gasteiger partial charge in [-0.3, -0.25) is 10.1 Å². The first kappa shape index (κ1) is 15.7. The lowest BCUT2D eigenvalue weighted by atomic mass is 10.0. The zero-order chi connectivity index (χ0) is 15.8. The summed E-state index contributed by atoms with van der Waals surface area (Å²) in [6, 6.07) is 3.57. The van der Waals surface area contributed by atoms with E-state index in [4.69, 9.17) is 5.73 Å². The fraction of sp³-hybridized carbons (Fsp3) is 0.538. The molecule has 1 aromatic rings. The summed E-state index contributed by atoms with van der Waals surface area (Å²) < 4.78 is 26.9. The molecule has 0 bridgehead atoms. The van der Waals surface area contributed by atoms with Crippen molar-refractivity contribution in [2.45, 2.75) is 37.6 Å². The number of sulfonamides is 1. The molecule has 7 nitrogen and oxygen atoms in total. The second-order valence-electron chi connectivity index (χ2n) is 5.55. The Balaban J connectivity index is 2.52. The SMILES string of the molecule is CC(C)C1CCCN1S(=O)(=O)c1ccc(N)cc1[N+](=O)[O-]. The van der Waals surface area contributed by atoms with Crippen LogP contribution in [0.1, 0.15) is 26.7 Å². The van der Waals surface area contributed by atoms with Crippen LogP contribution in [0.3, 0.4) is 0 Å². The third-order valence-electron chi connectivity index (χ3n) is 3.78. The van der Waals surface area contributed by atoms with Crippen molar-refractivity contribution in [3.8, 4) is 0 Å². The standard InChI is InChI=1S/C13H19N3O4S/c1-9(2)11-4-3-7-15(11)21(19,20)13-6-5-10(14)8-12(13)16(17)18/h5-6,8-9,11H,3-4,7,14H2,1-2H3. The van der Waals surface area contributed by atoms with Gasteiger partial charge in [-0.1, -0.05) is 13.8 Å². The summed E-state index contributed by atoms with van der Waals surface area (Å²) in [4.78, 5) is 10.1. The van der Waals surface area contributed by atoms with Gasteiger partial charge in [-0.15, -0.1) is 0 Å². The van der Waals surface area contributed by atoms with Crippen LogP contribution in [0.15, 0.2) is 23.1 Å². The Labute approximate surface area is 123 Å². The average molecular weight is 313 g/mol. The van der Waals surface area contributed by atoms with Crippen LogP contribution in [-0.4, -0.2) is 30.2 Å². The zero-order valence-electron chi connectivity index (χ0n) is 12.0. The normalized spacial score (nSPS) is 20.0. The molecule has 1 saturated heterocycles. The molecular weight excluding hydrogens is 294 g/mol. The first-order valence-corrected chi connectivity index (χ1v) is 8.25. The van der Waals surface area contributed by atoms with Crippen LogP contribution < -0.4 is 5.73 Å². The van der Waals surface area contributed by atoms with Crippen LogP contribution in [0.2, 0.25) is 0 Å². The van der Waals surface area contributed by atoms with E-state index in [2.05, 4.69) is 0 Å². The number of nitrogens with zero attached hydrogens (tertiary/aromatic N) is 2. The van der Waals surface area contributed by atoms with Gasteiger partial charge < -0.3 is 5.73 Å². The van der Waals surface area contributed by atoms with Gasteiger partial charge in [0.1, 0.15) is 0 Å². The van der Waals surface area contributed by atoms with E-state index < -0.39 is 20.6 Å².